The fraction of sp³-hybridized carbons (Fsp3) is 0.353. The number of carboxylic acid groups (broad SMARTS) is 1. The van der Waals surface area contributed by atoms with Crippen LogP contribution in [-0.2, 0) is 4.79 Å². The molecule has 0 aliphatic heterocycles. The Morgan fingerprint density at radius 1 is 1.41 bits per heavy atom. The highest BCUT2D eigenvalue weighted by Crippen LogP contribution is 2.41. The van der Waals surface area contributed by atoms with E-state index < -0.39 is 5.97 Å². The molecule has 1 fully saturated rings. The van der Waals surface area contributed by atoms with Crippen molar-refractivity contribution in [2.45, 2.75) is 32.6 Å². The Kier molecular flexibility index (Phi) is 4.75. The summed E-state index contributed by atoms with van der Waals surface area (Å²) in [5.41, 5.74) is 12.8. The van der Waals surface area contributed by atoms with Crippen LogP contribution in [0.2, 0.25) is 0 Å². The fourth-order valence-electron chi connectivity index (χ4n) is 2.20. The zero-order chi connectivity index (χ0) is 16.3. The van der Waals surface area contributed by atoms with Gasteiger partial charge in [-0.3, -0.25) is 0 Å². The first-order chi connectivity index (χ1) is 10.4. The zero-order valence-corrected chi connectivity index (χ0v) is 12.9. The highest BCUT2D eigenvalue weighted by molar-refractivity contribution is 5.92. The van der Waals surface area contributed by atoms with Gasteiger partial charge in [0, 0.05) is 11.9 Å². The average molecular weight is 302 g/mol. The van der Waals surface area contributed by atoms with Crippen molar-refractivity contribution in [1.29, 1.82) is 0 Å². The molecule has 22 heavy (non-hydrogen) atoms. The van der Waals surface area contributed by atoms with Gasteiger partial charge in [0.2, 0.25) is 0 Å². The van der Waals surface area contributed by atoms with E-state index in [1.54, 1.807) is 6.07 Å². The molecule has 0 spiro atoms. The third kappa shape index (κ3) is 3.61. The predicted octanol–water partition coefficient (Wildman–Crippen LogP) is 2.70. The van der Waals surface area contributed by atoms with Crippen LogP contribution in [0.4, 0.5) is 0 Å². The Balaban J connectivity index is 2.30. The normalized spacial score (nSPS) is 16.4. The lowest BCUT2D eigenvalue weighted by molar-refractivity contribution is -0.132. The maximum absolute atomic E-state index is 11.5. The van der Waals surface area contributed by atoms with Gasteiger partial charge in [-0.2, -0.15) is 0 Å². The van der Waals surface area contributed by atoms with Gasteiger partial charge in [-0.15, -0.1) is 0 Å². The molecule has 1 aromatic carbocycles. The molecule has 0 aromatic heterocycles. The van der Waals surface area contributed by atoms with E-state index in [1.165, 1.54) is 18.4 Å². The van der Waals surface area contributed by atoms with Crippen molar-refractivity contribution in [1.82, 2.24) is 0 Å². The number of ether oxygens (including phenoxy) is 1. The molecule has 0 saturated heterocycles. The lowest BCUT2D eigenvalue weighted by atomic mass is 10.0. The van der Waals surface area contributed by atoms with Crippen LogP contribution in [0.15, 0.2) is 47.5 Å². The second-order valence-corrected chi connectivity index (χ2v) is 5.77. The Morgan fingerprint density at radius 3 is 2.59 bits per heavy atom. The molecular formula is C17H22N2O3. The van der Waals surface area contributed by atoms with Crippen LogP contribution in [0.5, 0.6) is 5.75 Å². The van der Waals surface area contributed by atoms with Crippen molar-refractivity contribution in [3.05, 3.63) is 53.1 Å². The summed E-state index contributed by atoms with van der Waals surface area (Å²) in [5, 5.41) is 9.41. The summed E-state index contributed by atoms with van der Waals surface area (Å²) in [6.07, 6.45) is 3.51. The third-order valence-electron chi connectivity index (χ3n) is 3.66. The molecule has 1 saturated carbocycles. The minimum absolute atomic E-state index is 0.0617. The number of hydrogen-bond acceptors (Lipinski definition) is 4. The summed E-state index contributed by atoms with van der Waals surface area (Å²) in [7, 11) is 0. The maximum Gasteiger partial charge on any atom is 0.341 e. The third-order valence-corrected chi connectivity index (χ3v) is 3.66. The molecular weight excluding hydrogens is 280 g/mol. The molecule has 1 aliphatic carbocycles. The Morgan fingerprint density at radius 2 is 2.09 bits per heavy atom. The molecule has 0 unspecified atom stereocenters. The van der Waals surface area contributed by atoms with E-state index in [0.717, 1.165) is 6.20 Å². The summed E-state index contributed by atoms with van der Waals surface area (Å²) >= 11 is 0. The van der Waals surface area contributed by atoms with E-state index >= 15 is 0 Å². The van der Waals surface area contributed by atoms with E-state index in [4.69, 9.17) is 16.2 Å². The molecule has 5 heteroatoms. The van der Waals surface area contributed by atoms with E-state index in [0.29, 0.717) is 11.7 Å². The predicted molar refractivity (Wildman–Crippen MR) is 85.0 cm³/mol. The summed E-state index contributed by atoms with van der Waals surface area (Å²) < 4.78 is 5.69. The Bertz CT molecular complexity index is 629. The van der Waals surface area contributed by atoms with Crippen molar-refractivity contribution in [2.75, 3.05) is 0 Å². The van der Waals surface area contributed by atoms with Crippen LogP contribution in [0.3, 0.4) is 0 Å². The summed E-state index contributed by atoms with van der Waals surface area (Å²) in [6, 6.07) is 7.65. The standard InChI is InChI=1S/C17H22N2O3/c1-10(2)16(19)15(17(20)21)14(9-18)22-13-5-3-4-12(8-13)11-6-7-11/h3-5,8-11H,6-7,18-19H2,1-2H3,(H,20,21)/b14-9+,16-15+. The van der Waals surface area contributed by atoms with Gasteiger partial charge < -0.3 is 21.3 Å². The van der Waals surface area contributed by atoms with Crippen LogP contribution >= 0.6 is 0 Å². The van der Waals surface area contributed by atoms with E-state index in [2.05, 4.69) is 0 Å². The topological polar surface area (TPSA) is 98.6 Å². The minimum Gasteiger partial charge on any atom is -0.477 e. The van der Waals surface area contributed by atoms with Gasteiger partial charge >= 0.3 is 5.97 Å². The average Bonchev–Trinajstić information content (AvgIpc) is 3.30. The van der Waals surface area contributed by atoms with Crippen molar-refractivity contribution in [2.24, 2.45) is 17.4 Å². The van der Waals surface area contributed by atoms with E-state index in [-0.39, 0.29) is 22.9 Å². The van der Waals surface area contributed by atoms with E-state index in [9.17, 15) is 9.90 Å². The van der Waals surface area contributed by atoms with Crippen LogP contribution < -0.4 is 16.2 Å². The number of carboxylic acids is 1. The summed E-state index contributed by atoms with van der Waals surface area (Å²) in [4.78, 5) is 11.5. The number of rotatable bonds is 6. The molecule has 0 bridgehead atoms. The molecule has 5 N–H and O–H groups in total. The van der Waals surface area contributed by atoms with Crippen LogP contribution in [0.25, 0.3) is 0 Å². The number of allylic oxidation sites excluding steroid dienone is 1. The summed E-state index contributed by atoms with van der Waals surface area (Å²) in [6.45, 7) is 3.64. The Hall–Kier alpha value is -2.43. The number of hydrogen-bond donors (Lipinski definition) is 3. The van der Waals surface area contributed by atoms with Gasteiger partial charge in [0.1, 0.15) is 11.3 Å². The van der Waals surface area contributed by atoms with Crippen LogP contribution in [0.1, 0.15) is 38.2 Å². The maximum atomic E-state index is 11.5. The SMILES string of the molecule is CC(C)/C(N)=C(C(=O)O)/C(=C\N)Oc1cccc(C2CC2)c1. The van der Waals surface area contributed by atoms with Gasteiger partial charge in [-0.05, 0) is 42.4 Å². The smallest absolute Gasteiger partial charge is 0.341 e. The molecule has 2 rings (SSSR count). The first kappa shape index (κ1) is 15.9. The Labute approximate surface area is 130 Å². The molecule has 0 heterocycles. The molecule has 0 amide bonds. The highest BCUT2D eigenvalue weighted by Gasteiger charge is 2.25. The molecule has 0 atom stereocenters. The highest BCUT2D eigenvalue weighted by atomic mass is 16.5. The first-order valence-electron chi connectivity index (χ1n) is 7.37. The minimum atomic E-state index is -1.15. The number of carbonyl (C=O) groups is 1. The summed E-state index contributed by atoms with van der Waals surface area (Å²) in [5.74, 6) is -0.0594. The fourth-order valence-corrected chi connectivity index (χ4v) is 2.20. The molecule has 1 aromatic rings. The molecule has 1 aliphatic rings. The lowest BCUT2D eigenvalue weighted by Gasteiger charge is -2.15. The zero-order valence-electron chi connectivity index (χ0n) is 12.9. The van der Waals surface area contributed by atoms with Crippen molar-refractivity contribution in [3.63, 3.8) is 0 Å². The van der Waals surface area contributed by atoms with Crippen molar-refractivity contribution >= 4 is 5.97 Å². The van der Waals surface area contributed by atoms with Gasteiger partial charge in [-0.1, -0.05) is 26.0 Å². The number of benzene rings is 1. The van der Waals surface area contributed by atoms with Gasteiger partial charge in [0.25, 0.3) is 0 Å². The lowest BCUT2D eigenvalue weighted by Crippen LogP contribution is -2.19. The second kappa shape index (κ2) is 6.56. The van der Waals surface area contributed by atoms with Crippen molar-refractivity contribution in [3.8, 4) is 5.75 Å². The first-order valence-corrected chi connectivity index (χ1v) is 7.37. The van der Waals surface area contributed by atoms with Gasteiger partial charge in [0.05, 0.1) is 0 Å². The largest absolute Gasteiger partial charge is 0.477 e. The number of nitrogens with two attached hydrogens (primary N) is 2. The molecule has 5 nitrogen and oxygen atoms in total. The quantitative estimate of drug-likeness (QED) is 0.426. The second-order valence-electron chi connectivity index (χ2n) is 5.77. The van der Waals surface area contributed by atoms with E-state index in [1.807, 2.05) is 32.0 Å². The number of aliphatic carboxylic acids is 1. The molecule has 0 radical (unpaired) electrons. The van der Waals surface area contributed by atoms with Crippen LogP contribution in [-0.4, -0.2) is 11.1 Å². The van der Waals surface area contributed by atoms with Gasteiger partial charge in [-0.25, -0.2) is 4.79 Å². The molecule has 118 valence electrons. The monoisotopic (exact) mass is 302 g/mol. The van der Waals surface area contributed by atoms with Crippen molar-refractivity contribution < 1.29 is 14.6 Å². The van der Waals surface area contributed by atoms with Gasteiger partial charge in [0.15, 0.2) is 5.76 Å². The van der Waals surface area contributed by atoms with Crippen LogP contribution in [0, 0.1) is 5.92 Å².